The van der Waals surface area contributed by atoms with Crippen LogP contribution in [0.4, 0.5) is 0 Å². The molecule has 3 nitrogen and oxygen atoms in total. The third kappa shape index (κ3) is 4.12. The Morgan fingerprint density at radius 1 is 1.32 bits per heavy atom. The molecule has 0 aliphatic carbocycles. The second-order valence-electron chi connectivity index (χ2n) is 4.78. The average Bonchev–Trinajstić information content (AvgIpc) is 2.46. The second-order valence-corrected chi connectivity index (χ2v) is 4.78. The van der Waals surface area contributed by atoms with Gasteiger partial charge in [0.15, 0.2) is 0 Å². The third-order valence-corrected chi connectivity index (χ3v) is 3.50. The lowest BCUT2D eigenvalue weighted by molar-refractivity contribution is -0.140. The first kappa shape index (κ1) is 15.3. The van der Waals surface area contributed by atoms with Gasteiger partial charge in [0.1, 0.15) is 5.75 Å². The molecule has 0 N–H and O–H groups in total. The lowest BCUT2D eigenvalue weighted by atomic mass is 9.78. The fraction of sp³-hybridized carbons (Fsp3) is 0.438. The molecule has 0 unspecified atom stereocenters. The van der Waals surface area contributed by atoms with Crippen molar-refractivity contribution in [3.8, 4) is 5.75 Å². The Bertz CT molecular complexity index is 422. The van der Waals surface area contributed by atoms with E-state index in [0.717, 1.165) is 18.6 Å². The van der Waals surface area contributed by atoms with Crippen LogP contribution in [0.25, 0.3) is 0 Å². The highest BCUT2D eigenvalue weighted by molar-refractivity contribution is 5.69. The van der Waals surface area contributed by atoms with Crippen LogP contribution in [-0.2, 0) is 14.9 Å². The number of allylic oxidation sites excluding steroid dienone is 1. The van der Waals surface area contributed by atoms with Gasteiger partial charge >= 0.3 is 5.97 Å². The summed E-state index contributed by atoms with van der Waals surface area (Å²) in [6, 6.07) is 7.96. The summed E-state index contributed by atoms with van der Waals surface area (Å²) >= 11 is 0. The zero-order valence-corrected chi connectivity index (χ0v) is 11.9. The first-order chi connectivity index (χ1) is 9.05. The maximum Gasteiger partial charge on any atom is 0.305 e. The Hall–Kier alpha value is -1.77. The van der Waals surface area contributed by atoms with Crippen molar-refractivity contribution in [2.45, 2.75) is 31.6 Å². The zero-order valence-electron chi connectivity index (χ0n) is 11.9. The Morgan fingerprint density at radius 2 is 1.95 bits per heavy atom. The second kappa shape index (κ2) is 6.98. The Balaban J connectivity index is 2.72. The summed E-state index contributed by atoms with van der Waals surface area (Å²) in [6.45, 7) is 6.05. The minimum atomic E-state index is -0.166. The lowest BCUT2D eigenvalue weighted by Gasteiger charge is -2.26. The molecule has 0 aromatic heterocycles. The Labute approximate surface area is 115 Å². The molecule has 0 fully saturated rings. The van der Waals surface area contributed by atoms with E-state index < -0.39 is 0 Å². The molecule has 0 aliphatic rings. The summed E-state index contributed by atoms with van der Waals surface area (Å²) < 4.78 is 9.81. The summed E-state index contributed by atoms with van der Waals surface area (Å²) in [7, 11) is 3.07. The minimum absolute atomic E-state index is 0.139. The van der Waals surface area contributed by atoms with E-state index in [2.05, 4.69) is 18.2 Å². The monoisotopic (exact) mass is 262 g/mol. The molecule has 104 valence electrons. The van der Waals surface area contributed by atoms with E-state index in [9.17, 15) is 4.79 Å². The third-order valence-electron chi connectivity index (χ3n) is 3.50. The number of carbonyl (C=O) groups is 1. The summed E-state index contributed by atoms with van der Waals surface area (Å²) in [5.74, 6) is 0.672. The Morgan fingerprint density at radius 3 is 2.42 bits per heavy atom. The van der Waals surface area contributed by atoms with E-state index >= 15 is 0 Å². The molecule has 3 heteroatoms. The highest BCUT2D eigenvalue weighted by Crippen LogP contribution is 2.31. The quantitative estimate of drug-likeness (QED) is 0.557. The smallest absolute Gasteiger partial charge is 0.305 e. The first-order valence-electron chi connectivity index (χ1n) is 6.40. The van der Waals surface area contributed by atoms with Crippen LogP contribution >= 0.6 is 0 Å². The summed E-state index contributed by atoms with van der Waals surface area (Å²) in [6.07, 6.45) is 4.02. The average molecular weight is 262 g/mol. The fourth-order valence-electron chi connectivity index (χ4n) is 2.04. The van der Waals surface area contributed by atoms with Gasteiger partial charge in [0.2, 0.25) is 0 Å². The summed E-state index contributed by atoms with van der Waals surface area (Å²) in [5.41, 5.74) is 1.04. The number of benzene rings is 1. The maximum atomic E-state index is 11.1. The number of esters is 1. The Kier molecular flexibility index (Phi) is 5.61. The van der Waals surface area contributed by atoms with E-state index in [1.54, 1.807) is 7.11 Å². The molecule has 0 saturated carbocycles. The lowest BCUT2D eigenvalue weighted by Crippen LogP contribution is -2.19. The van der Waals surface area contributed by atoms with Gasteiger partial charge in [-0.25, -0.2) is 0 Å². The van der Waals surface area contributed by atoms with Crippen LogP contribution in [0.1, 0.15) is 31.7 Å². The maximum absolute atomic E-state index is 11.1. The standard InChI is InChI=1S/C16H22O3/c1-5-16(2,12-6-7-15(17)19-4)13-8-10-14(18-3)11-9-13/h5,8-11H,1,6-7,12H2,2-4H3/t16-/m0/s1. The van der Waals surface area contributed by atoms with Crippen molar-refractivity contribution >= 4 is 5.97 Å². The number of hydrogen-bond donors (Lipinski definition) is 0. The number of rotatable bonds is 7. The number of hydrogen-bond acceptors (Lipinski definition) is 3. The van der Waals surface area contributed by atoms with Crippen LogP contribution in [0, 0.1) is 0 Å². The molecule has 0 bridgehead atoms. The van der Waals surface area contributed by atoms with Crippen molar-refractivity contribution in [2.75, 3.05) is 14.2 Å². The SMILES string of the molecule is C=C[C@@](C)(CCCC(=O)OC)c1ccc(OC)cc1. The van der Waals surface area contributed by atoms with Crippen molar-refractivity contribution in [1.29, 1.82) is 0 Å². The van der Waals surface area contributed by atoms with Crippen LogP contribution in [0.3, 0.4) is 0 Å². The van der Waals surface area contributed by atoms with Gasteiger partial charge in [0.05, 0.1) is 14.2 Å². The summed E-state index contributed by atoms with van der Waals surface area (Å²) in [4.78, 5) is 11.1. The molecular weight excluding hydrogens is 240 g/mol. The fourth-order valence-corrected chi connectivity index (χ4v) is 2.04. The van der Waals surface area contributed by atoms with Gasteiger partial charge < -0.3 is 9.47 Å². The number of carbonyl (C=O) groups excluding carboxylic acids is 1. The molecular formula is C16H22O3. The molecule has 0 spiro atoms. The van der Waals surface area contributed by atoms with Crippen molar-refractivity contribution < 1.29 is 14.3 Å². The highest BCUT2D eigenvalue weighted by Gasteiger charge is 2.22. The van der Waals surface area contributed by atoms with Crippen molar-refractivity contribution in [3.05, 3.63) is 42.5 Å². The molecule has 1 rings (SSSR count). The molecule has 19 heavy (non-hydrogen) atoms. The van der Waals surface area contributed by atoms with E-state index in [-0.39, 0.29) is 11.4 Å². The predicted octanol–water partition coefficient (Wildman–Crippen LogP) is 3.48. The zero-order chi connectivity index (χ0) is 14.3. The van der Waals surface area contributed by atoms with Gasteiger partial charge in [0.25, 0.3) is 0 Å². The van der Waals surface area contributed by atoms with Gasteiger partial charge in [0, 0.05) is 11.8 Å². The van der Waals surface area contributed by atoms with Crippen molar-refractivity contribution in [2.24, 2.45) is 0 Å². The van der Waals surface area contributed by atoms with E-state index in [4.69, 9.17) is 4.74 Å². The van der Waals surface area contributed by atoms with Crippen molar-refractivity contribution in [1.82, 2.24) is 0 Å². The van der Waals surface area contributed by atoms with Crippen LogP contribution < -0.4 is 4.74 Å². The first-order valence-corrected chi connectivity index (χ1v) is 6.40. The molecule has 0 saturated heterocycles. The van der Waals surface area contributed by atoms with E-state index in [1.807, 2.05) is 30.3 Å². The summed E-state index contributed by atoms with van der Waals surface area (Å²) in [5, 5.41) is 0. The predicted molar refractivity (Wildman–Crippen MR) is 76.4 cm³/mol. The van der Waals surface area contributed by atoms with Crippen molar-refractivity contribution in [3.63, 3.8) is 0 Å². The molecule has 1 atom stereocenters. The van der Waals surface area contributed by atoms with Gasteiger partial charge in [-0.15, -0.1) is 6.58 Å². The molecule has 0 aliphatic heterocycles. The highest BCUT2D eigenvalue weighted by atomic mass is 16.5. The van der Waals surface area contributed by atoms with Crippen LogP contribution in [0.15, 0.2) is 36.9 Å². The molecule has 1 aromatic rings. The van der Waals surface area contributed by atoms with Crippen LogP contribution in [0.2, 0.25) is 0 Å². The number of ether oxygens (including phenoxy) is 2. The van der Waals surface area contributed by atoms with Gasteiger partial charge in [-0.05, 0) is 30.5 Å². The van der Waals surface area contributed by atoms with E-state index in [1.165, 1.54) is 12.7 Å². The van der Waals surface area contributed by atoms with Gasteiger partial charge in [-0.1, -0.05) is 25.1 Å². The molecule has 1 aromatic carbocycles. The van der Waals surface area contributed by atoms with Gasteiger partial charge in [-0.2, -0.15) is 0 Å². The molecule has 0 radical (unpaired) electrons. The minimum Gasteiger partial charge on any atom is -0.497 e. The van der Waals surface area contributed by atoms with Gasteiger partial charge in [-0.3, -0.25) is 4.79 Å². The topological polar surface area (TPSA) is 35.5 Å². The van der Waals surface area contributed by atoms with Crippen LogP contribution in [-0.4, -0.2) is 20.2 Å². The molecule has 0 amide bonds. The normalized spacial score (nSPS) is 13.4. The number of methoxy groups -OCH3 is 2. The molecule has 0 heterocycles. The largest absolute Gasteiger partial charge is 0.497 e. The van der Waals surface area contributed by atoms with Crippen LogP contribution in [0.5, 0.6) is 5.75 Å². The van der Waals surface area contributed by atoms with E-state index in [0.29, 0.717) is 6.42 Å².